The van der Waals surface area contributed by atoms with Crippen molar-refractivity contribution < 1.29 is 14.3 Å². The normalized spacial score (nSPS) is 13.6. The van der Waals surface area contributed by atoms with Crippen molar-refractivity contribution in [3.63, 3.8) is 0 Å². The third-order valence-corrected chi connectivity index (χ3v) is 5.87. The third kappa shape index (κ3) is 5.88. The molecule has 0 atom stereocenters. The Balaban J connectivity index is 1.32. The molecule has 2 amide bonds. The molecule has 0 saturated carbocycles. The van der Waals surface area contributed by atoms with Gasteiger partial charge in [0.05, 0.1) is 6.10 Å². The molecular weight excluding hydrogens is 450 g/mol. The largest absolute Gasteiger partial charge is 0.491 e. The van der Waals surface area contributed by atoms with Gasteiger partial charge in [-0.2, -0.15) is 0 Å². The van der Waals surface area contributed by atoms with Gasteiger partial charge in [0.15, 0.2) is 0 Å². The Morgan fingerprint density at radius 3 is 2.21 bits per heavy atom. The van der Waals surface area contributed by atoms with Crippen LogP contribution in [0.15, 0.2) is 72.8 Å². The molecule has 1 fully saturated rings. The zero-order chi connectivity index (χ0) is 24.1. The van der Waals surface area contributed by atoms with E-state index in [9.17, 15) is 9.59 Å². The van der Waals surface area contributed by atoms with E-state index in [4.69, 9.17) is 16.3 Å². The van der Waals surface area contributed by atoms with E-state index in [0.717, 1.165) is 24.5 Å². The van der Waals surface area contributed by atoms with Gasteiger partial charge in [-0.15, -0.1) is 0 Å². The van der Waals surface area contributed by atoms with Crippen LogP contribution in [0.3, 0.4) is 0 Å². The lowest BCUT2D eigenvalue weighted by Crippen LogP contribution is -2.48. The Morgan fingerprint density at radius 1 is 0.882 bits per heavy atom. The number of halogens is 1. The van der Waals surface area contributed by atoms with Gasteiger partial charge in [-0.3, -0.25) is 9.59 Å². The van der Waals surface area contributed by atoms with Crippen LogP contribution in [0.25, 0.3) is 0 Å². The zero-order valence-corrected chi connectivity index (χ0v) is 20.1. The molecule has 34 heavy (non-hydrogen) atoms. The van der Waals surface area contributed by atoms with Crippen LogP contribution in [-0.4, -0.2) is 49.0 Å². The van der Waals surface area contributed by atoms with Crippen LogP contribution in [0.5, 0.6) is 5.75 Å². The Hall–Kier alpha value is -3.51. The first-order chi connectivity index (χ1) is 16.4. The summed E-state index contributed by atoms with van der Waals surface area (Å²) in [5, 5.41) is 3.56. The minimum Gasteiger partial charge on any atom is -0.491 e. The van der Waals surface area contributed by atoms with Gasteiger partial charge in [0, 0.05) is 53.7 Å². The van der Waals surface area contributed by atoms with Gasteiger partial charge >= 0.3 is 0 Å². The first-order valence-electron chi connectivity index (χ1n) is 11.4. The number of carbonyl (C=O) groups is 2. The summed E-state index contributed by atoms with van der Waals surface area (Å²) in [6.45, 7) is 6.68. The van der Waals surface area contributed by atoms with E-state index in [1.165, 1.54) is 0 Å². The number of nitrogens with zero attached hydrogens (tertiary/aromatic N) is 2. The number of amides is 2. The van der Waals surface area contributed by atoms with Crippen LogP contribution in [0.2, 0.25) is 5.02 Å². The molecule has 1 N–H and O–H groups in total. The monoisotopic (exact) mass is 477 g/mol. The van der Waals surface area contributed by atoms with Gasteiger partial charge in [-0.1, -0.05) is 17.7 Å². The van der Waals surface area contributed by atoms with Crippen LogP contribution in [0.1, 0.15) is 34.6 Å². The number of piperazine rings is 1. The molecule has 1 heterocycles. The number of benzene rings is 3. The molecule has 0 radical (unpaired) electrons. The van der Waals surface area contributed by atoms with Gasteiger partial charge < -0.3 is 19.9 Å². The van der Waals surface area contributed by atoms with Crippen molar-refractivity contribution in [1.29, 1.82) is 0 Å². The zero-order valence-electron chi connectivity index (χ0n) is 19.3. The summed E-state index contributed by atoms with van der Waals surface area (Å²) in [5.74, 6) is 0.514. The highest BCUT2D eigenvalue weighted by molar-refractivity contribution is 6.30. The Labute approximate surface area is 205 Å². The highest BCUT2D eigenvalue weighted by atomic mass is 35.5. The number of hydrogen-bond acceptors (Lipinski definition) is 4. The Bertz CT molecular complexity index is 1140. The molecule has 6 nitrogen and oxygen atoms in total. The van der Waals surface area contributed by atoms with E-state index in [-0.39, 0.29) is 17.9 Å². The van der Waals surface area contributed by atoms with Crippen molar-refractivity contribution in [2.75, 3.05) is 36.4 Å². The molecule has 0 bridgehead atoms. The molecule has 0 spiro atoms. The third-order valence-electron chi connectivity index (χ3n) is 5.62. The smallest absolute Gasteiger partial charge is 0.255 e. The van der Waals surface area contributed by atoms with Crippen molar-refractivity contribution in [3.8, 4) is 5.75 Å². The molecule has 4 rings (SSSR count). The number of nitrogens with one attached hydrogen (secondary N) is 1. The minimum absolute atomic E-state index is 0.0252. The molecule has 7 heteroatoms. The molecule has 176 valence electrons. The van der Waals surface area contributed by atoms with E-state index < -0.39 is 0 Å². The van der Waals surface area contributed by atoms with Gasteiger partial charge in [0.2, 0.25) is 0 Å². The number of anilines is 2. The van der Waals surface area contributed by atoms with E-state index in [1.807, 2.05) is 55.1 Å². The van der Waals surface area contributed by atoms with Crippen molar-refractivity contribution in [2.24, 2.45) is 0 Å². The summed E-state index contributed by atoms with van der Waals surface area (Å²) < 4.78 is 5.67. The van der Waals surface area contributed by atoms with Crippen molar-refractivity contribution >= 4 is 34.8 Å². The van der Waals surface area contributed by atoms with Crippen LogP contribution in [0, 0.1) is 0 Å². The topological polar surface area (TPSA) is 61.9 Å². The van der Waals surface area contributed by atoms with Gasteiger partial charge in [-0.25, -0.2) is 0 Å². The highest BCUT2D eigenvalue weighted by Crippen LogP contribution is 2.22. The number of ether oxygens (including phenoxy) is 1. The summed E-state index contributed by atoms with van der Waals surface area (Å²) in [4.78, 5) is 29.5. The maximum atomic E-state index is 12.7. The SMILES string of the molecule is CC(C)Oc1cccc(C(=O)Nc2ccc(N3CCN(C(=O)c4ccc(Cl)cc4)CC3)cc2)c1. The molecule has 0 aliphatic carbocycles. The molecule has 0 unspecified atom stereocenters. The Morgan fingerprint density at radius 2 is 1.56 bits per heavy atom. The Kier molecular flexibility index (Phi) is 7.38. The number of rotatable bonds is 6. The first-order valence-corrected chi connectivity index (χ1v) is 11.7. The average Bonchev–Trinajstić information content (AvgIpc) is 2.84. The summed E-state index contributed by atoms with van der Waals surface area (Å²) >= 11 is 5.92. The fraction of sp³-hybridized carbons (Fsp3) is 0.259. The number of carbonyl (C=O) groups excluding carboxylic acids is 2. The first kappa shape index (κ1) is 23.6. The van der Waals surface area contributed by atoms with Crippen LogP contribution >= 0.6 is 11.6 Å². The average molecular weight is 478 g/mol. The van der Waals surface area contributed by atoms with Gasteiger partial charge in [0.1, 0.15) is 5.75 Å². The standard InChI is InChI=1S/C27H28ClN3O3/c1-19(2)34-25-5-3-4-21(18-25)26(32)29-23-10-12-24(13-11-23)30-14-16-31(17-15-30)27(33)20-6-8-22(28)9-7-20/h3-13,18-19H,14-17H2,1-2H3,(H,29,32). The molecule has 1 aliphatic rings. The van der Waals surface area contributed by atoms with E-state index in [1.54, 1.807) is 36.4 Å². The van der Waals surface area contributed by atoms with Crippen LogP contribution in [-0.2, 0) is 0 Å². The lowest BCUT2D eigenvalue weighted by Gasteiger charge is -2.36. The van der Waals surface area contributed by atoms with Gasteiger partial charge in [0.25, 0.3) is 11.8 Å². The molecule has 1 aliphatic heterocycles. The minimum atomic E-state index is -0.184. The lowest BCUT2D eigenvalue weighted by atomic mass is 10.1. The molecule has 3 aromatic rings. The predicted molar refractivity (Wildman–Crippen MR) is 136 cm³/mol. The van der Waals surface area contributed by atoms with Crippen LogP contribution < -0.4 is 15.0 Å². The van der Waals surface area contributed by atoms with E-state index >= 15 is 0 Å². The summed E-state index contributed by atoms with van der Waals surface area (Å²) in [7, 11) is 0. The highest BCUT2D eigenvalue weighted by Gasteiger charge is 2.22. The van der Waals surface area contributed by atoms with Crippen molar-refractivity contribution in [1.82, 2.24) is 4.90 Å². The molecule has 0 aromatic heterocycles. The van der Waals surface area contributed by atoms with Crippen LogP contribution in [0.4, 0.5) is 11.4 Å². The molecule has 1 saturated heterocycles. The predicted octanol–water partition coefficient (Wildman–Crippen LogP) is 5.34. The fourth-order valence-electron chi connectivity index (χ4n) is 3.88. The summed E-state index contributed by atoms with van der Waals surface area (Å²) in [6, 6.07) is 21.9. The van der Waals surface area contributed by atoms with Crippen molar-refractivity contribution in [3.05, 3.63) is 88.9 Å². The number of hydrogen-bond donors (Lipinski definition) is 1. The van der Waals surface area contributed by atoms with Gasteiger partial charge in [-0.05, 0) is 80.6 Å². The quantitative estimate of drug-likeness (QED) is 0.520. The second-order valence-electron chi connectivity index (χ2n) is 8.48. The molecular formula is C27H28ClN3O3. The fourth-order valence-corrected chi connectivity index (χ4v) is 4.01. The summed E-state index contributed by atoms with van der Waals surface area (Å²) in [5.41, 5.74) is 2.98. The maximum Gasteiger partial charge on any atom is 0.255 e. The maximum absolute atomic E-state index is 12.7. The summed E-state index contributed by atoms with van der Waals surface area (Å²) in [6.07, 6.45) is 0.0447. The second kappa shape index (κ2) is 10.6. The van der Waals surface area contributed by atoms with E-state index in [2.05, 4.69) is 10.2 Å². The van der Waals surface area contributed by atoms with Crippen molar-refractivity contribution in [2.45, 2.75) is 20.0 Å². The lowest BCUT2D eigenvalue weighted by molar-refractivity contribution is 0.0746. The molecule has 3 aromatic carbocycles. The van der Waals surface area contributed by atoms with E-state index in [0.29, 0.717) is 35.0 Å². The second-order valence-corrected chi connectivity index (χ2v) is 8.92.